The van der Waals surface area contributed by atoms with Gasteiger partial charge in [0.2, 0.25) is 0 Å². The highest BCUT2D eigenvalue weighted by Gasteiger charge is 2.52. The third kappa shape index (κ3) is 3.32. The molecule has 0 aromatic heterocycles. The first kappa shape index (κ1) is 20.0. The van der Waals surface area contributed by atoms with E-state index in [4.69, 9.17) is 0 Å². The molecular weight excluding hydrogens is 384 g/mol. The van der Waals surface area contributed by atoms with Crippen LogP contribution >= 0.6 is 0 Å². The van der Waals surface area contributed by atoms with E-state index in [1.807, 2.05) is 30.3 Å². The molecule has 0 fully saturated rings. The molecule has 3 atom stereocenters. The van der Waals surface area contributed by atoms with Crippen molar-refractivity contribution in [1.29, 1.82) is 0 Å². The minimum absolute atomic E-state index is 0.171. The second-order valence-corrected chi connectivity index (χ2v) is 7.65. The minimum atomic E-state index is -1.39. The maximum Gasteiger partial charge on any atom is 0.313 e. The van der Waals surface area contributed by atoms with Gasteiger partial charge in [0.25, 0.3) is 0 Å². The Balaban J connectivity index is 1.64. The Morgan fingerprint density at radius 1 is 1.03 bits per heavy atom. The standard InChI is InChI=1S/C23H22N2O5/c26-21-17-11-4-5-12-18(17)22(27)24(21)25(30)15-7-13-19(23(28)29)20(25)14-6-10-16-8-2-1-3-9-16/h1-5,7-9,11-12,15,19-20H,6,10,13-14H2,(H,28,29)/t19?,20?,25-/m0/s1. The average molecular weight is 406 g/mol. The van der Waals surface area contributed by atoms with Crippen molar-refractivity contribution in [1.82, 2.24) is 5.01 Å². The number of carboxylic acid groups (broad SMARTS) is 1. The summed E-state index contributed by atoms with van der Waals surface area (Å²) in [6.07, 6.45) is 4.41. The topological polar surface area (TPSA) is 97.7 Å². The molecule has 154 valence electrons. The number of hydroxylamine groups is 2. The first-order chi connectivity index (χ1) is 14.4. The van der Waals surface area contributed by atoms with Crippen molar-refractivity contribution in [2.24, 2.45) is 5.92 Å². The van der Waals surface area contributed by atoms with Crippen LogP contribution in [-0.4, -0.2) is 38.7 Å². The predicted octanol–water partition coefficient (Wildman–Crippen LogP) is 3.52. The fraction of sp³-hybridized carbons (Fsp3) is 0.261. The quantitative estimate of drug-likeness (QED) is 0.450. The lowest BCUT2D eigenvalue weighted by Gasteiger charge is -2.51. The van der Waals surface area contributed by atoms with Crippen LogP contribution in [0.4, 0.5) is 0 Å². The molecule has 4 rings (SSSR count). The summed E-state index contributed by atoms with van der Waals surface area (Å²) in [7, 11) is 0. The SMILES string of the molecule is O=C(O)C1CC=C[N@@+]([O-])(N2C(=O)c3ccccc3C2=O)C1CCCc1ccccc1. The summed E-state index contributed by atoms with van der Waals surface area (Å²) in [5, 5.41) is 24.4. The van der Waals surface area contributed by atoms with Crippen LogP contribution in [0.1, 0.15) is 45.5 Å². The van der Waals surface area contributed by atoms with Crippen molar-refractivity contribution < 1.29 is 24.2 Å². The zero-order valence-corrected chi connectivity index (χ0v) is 16.3. The van der Waals surface area contributed by atoms with Crippen LogP contribution in [0.5, 0.6) is 0 Å². The lowest BCUT2D eigenvalue weighted by atomic mass is 9.88. The molecule has 1 N–H and O–H groups in total. The number of imide groups is 1. The molecule has 2 aromatic rings. The number of rotatable bonds is 6. The summed E-state index contributed by atoms with van der Waals surface area (Å²) < 4.78 is -1.39. The van der Waals surface area contributed by atoms with Crippen LogP contribution in [-0.2, 0) is 11.2 Å². The van der Waals surface area contributed by atoms with E-state index in [1.165, 1.54) is 24.4 Å². The minimum Gasteiger partial charge on any atom is -0.601 e. The van der Waals surface area contributed by atoms with Crippen molar-refractivity contribution in [3.05, 3.63) is 88.8 Å². The fourth-order valence-electron chi connectivity index (χ4n) is 4.37. The Morgan fingerprint density at radius 2 is 1.63 bits per heavy atom. The molecule has 2 aliphatic heterocycles. The van der Waals surface area contributed by atoms with Gasteiger partial charge in [0, 0.05) is 6.42 Å². The molecule has 0 aliphatic carbocycles. The van der Waals surface area contributed by atoms with Gasteiger partial charge < -0.3 is 10.3 Å². The van der Waals surface area contributed by atoms with Crippen LogP contribution in [0, 0.1) is 11.1 Å². The summed E-state index contributed by atoms with van der Waals surface area (Å²) in [5.74, 6) is -3.45. The number of carbonyl (C=O) groups excluding carboxylic acids is 2. The summed E-state index contributed by atoms with van der Waals surface area (Å²) in [6.45, 7) is 0. The van der Waals surface area contributed by atoms with Gasteiger partial charge in [-0.1, -0.05) is 42.5 Å². The van der Waals surface area contributed by atoms with E-state index in [2.05, 4.69) is 0 Å². The summed E-state index contributed by atoms with van der Waals surface area (Å²) >= 11 is 0. The zero-order chi connectivity index (χ0) is 21.3. The van der Waals surface area contributed by atoms with Gasteiger partial charge in [-0.15, -0.1) is 5.01 Å². The van der Waals surface area contributed by atoms with Gasteiger partial charge in [-0.25, -0.2) is 4.76 Å². The van der Waals surface area contributed by atoms with Crippen molar-refractivity contribution in [3.63, 3.8) is 0 Å². The first-order valence-corrected chi connectivity index (χ1v) is 9.95. The van der Waals surface area contributed by atoms with E-state index in [0.29, 0.717) is 17.9 Å². The van der Waals surface area contributed by atoms with Crippen LogP contribution in [0.2, 0.25) is 0 Å². The second-order valence-electron chi connectivity index (χ2n) is 7.65. The largest absolute Gasteiger partial charge is 0.601 e. The number of amides is 2. The molecule has 0 saturated carbocycles. The second kappa shape index (κ2) is 7.85. The molecule has 0 radical (unpaired) electrons. The van der Waals surface area contributed by atoms with Crippen molar-refractivity contribution in [2.45, 2.75) is 31.7 Å². The molecular formula is C23H22N2O5. The normalized spacial score (nSPS) is 25.4. The summed E-state index contributed by atoms with van der Waals surface area (Å²) in [6, 6.07) is 15.0. The van der Waals surface area contributed by atoms with E-state index >= 15 is 0 Å². The number of quaternary nitrogens is 1. The smallest absolute Gasteiger partial charge is 0.313 e. The number of carboxylic acids is 1. The number of allylic oxidation sites excluding steroid dienone is 1. The van der Waals surface area contributed by atoms with Gasteiger partial charge in [-0.2, -0.15) is 0 Å². The Hall–Kier alpha value is -3.29. The highest BCUT2D eigenvalue weighted by Crippen LogP contribution is 2.38. The van der Waals surface area contributed by atoms with Gasteiger partial charge in [-0.05, 0) is 43.0 Å². The van der Waals surface area contributed by atoms with Gasteiger partial charge in [-0.3, -0.25) is 14.4 Å². The molecule has 30 heavy (non-hydrogen) atoms. The predicted molar refractivity (Wildman–Crippen MR) is 109 cm³/mol. The maximum atomic E-state index is 14.0. The number of hydrogen-bond acceptors (Lipinski definition) is 4. The highest BCUT2D eigenvalue weighted by atomic mass is 16.6. The van der Waals surface area contributed by atoms with E-state index in [9.17, 15) is 24.7 Å². The monoisotopic (exact) mass is 406 g/mol. The lowest BCUT2D eigenvalue weighted by Crippen LogP contribution is -2.64. The van der Waals surface area contributed by atoms with Crippen molar-refractivity contribution >= 4 is 17.8 Å². The number of aryl methyl sites for hydroxylation is 1. The van der Waals surface area contributed by atoms with Crippen LogP contribution in [0.25, 0.3) is 0 Å². The Labute approximate surface area is 174 Å². The lowest BCUT2D eigenvalue weighted by molar-refractivity contribution is -0.949. The molecule has 0 bridgehead atoms. The van der Waals surface area contributed by atoms with E-state index in [0.717, 1.165) is 5.56 Å². The summed E-state index contributed by atoms with van der Waals surface area (Å²) in [5.41, 5.74) is 1.43. The molecule has 2 amide bonds. The Morgan fingerprint density at radius 3 is 2.23 bits per heavy atom. The molecule has 2 aliphatic rings. The number of benzene rings is 2. The number of aliphatic carboxylic acids is 1. The molecule has 0 saturated heterocycles. The summed E-state index contributed by atoms with van der Waals surface area (Å²) in [4.78, 5) is 37.8. The molecule has 7 heteroatoms. The van der Waals surface area contributed by atoms with E-state index in [1.54, 1.807) is 12.1 Å². The van der Waals surface area contributed by atoms with Gasteiger partial charge in [0.15, 0.2) is 0 Å². The van der Waals surface area contributed by atoms with Gasteiger partial charge in [0.1, 0.15) is 18.2 Å². The molecule has 7 nitrogen and oxygen atoms in total. The maximum absolute atomic E-state index is 14.0. The number of fused-ring (bicyclic) bond motifs is 1. The Kier molecular flexibility index (Phi) is 5.24. The molecule has 2 heterocycles. The fourth-order valence-corrected chi connectivity index (χ4v) is 4.37. The molecule has 0 spiro atoms. The first-order valence-electron chi connectivity index (χ1n) is 9.95. The Bertz CT molecular complexity index is 984. The van der Waals surface area contributed by atoms with Crippen LogP contribution in [0.3, 0.4) is 0 Å². The van der Waals surface area contributed by atoms with Crippen LogP contribution in [0.15, 0.2) is 66.9 Å². The average Bonchev–Trinajstić information content (AvgIpc) is 3.01. The van der Waals surface area contributed by atoms with Crippen LogP contribution < -0.4 is 0 Å². The third-order valence-electron chi connectivity index (χ3n) is 5.86. The number of hydrogen-bond donors (Lipinski definition) is 1. The third-order valence-corrected chi connectivity index (χ3v) is 5.86. The van der Waals surface area contributed by atoms with Crippen molar-refractivity contribution in [3.8, 4) is 0 Å². The van der Waals surface area contributed by atoms with Gasteiger partial charge in [0.05, 0.1) is 11.1 Å². The highest BCUT2D eigenvalue weighted by molar-refractivity contribution is 6.20. The molecule has 2 unspecified atom stereocenters. The van der Waals surface area contributed by atoms with Crippen molar-refractivity contribution in [2.75, 3.05) is 0 Å². The number of nitrogens with zero attached hydrogens (tertiary/aromatic N) is 2. The zero-order valence-electron chi connectivity index (χ0n) is 16.3. The number of carbonyl (C=O) groups is 3. The van der Waals surface area contributed by atoms with E-state index in [-0.39, 0.29) is 24.0 Å². The van der Waals surface area contributed by atoms with Gasteiger partial charge >= 0.3 is 17.8 Å². The molecule has 2 aromatic carbocycles. The van der Waals surface area contributed by atoms with E-state index < -0.39 is 34.5 Å².